The Morgan fingerprint density at radius 3 is 2.88 bits per heavy atom. The van der Waals surface area contributed by atoms with Crippen molar-refractivity contribution in [3.05, 3.63) is 11.6 Å². The molecule has 1 aromatic heterocycles. The molecular formula is C10H13N3O3S. The Kier molecular flexibility index (Phi) is 3.58. The fourth-order valence-corrected chi connectivity index (χ4v) is 2.46. The topological polar surface area (TPSA) is 91.3 Å². The van der Waals surface area contributed by atoms with Crippen LogP contribution in [-0.2, 0) is 4.79 Å². The molecular weight excluding hydrogens is 242 g/mol. The maximum Gasteiger partial charge on any atom is 0.321 e. The average molecular weight is 255 g/mol. The summed E-state index contributed by atoms with van der Waals surface area (Å²) in [5.41, 5.74) is 0. The number of carboxylic acid groups (broad SMARTS) is 1. The van der Waals surface area contributed by atoms with Gasteiger partial charge in [-0.1, -0.05) is 0 Å². The van der Waals surface area contributed by atoms with Gasteiger partial charge in [-0.15, -0.1) is 11.3 Å². The SMILES string of the molecule is O=C(Nc1nccs1)NC1CCC(C(=O)O)C1. The van der Waals surface area contributed by atoms with E-state index in [-0.39, 0.29) is 18.0 Å². The van der Waals surface area contributed by atoms with E-state index in [1.165, 1.54) is 11.3 Å². The van der Waals surface area contributed by atoms with Gasteiger partial charge in [0.2, 0.25) is 0 Å². The van der Waals surface area contributed by atoms with Gasteiger partial charge in [0.25, 0.3) is 0 Å². The van der Waals surface area contributed by atoms with E-state index in [1.54, 1.807) is 11.6 Å². The third kappa shape index (κ3) is 3.16. The molecule has 0 aliphatic heterocycles. The third-order valence-corrected chi connectivity index (χ3v) is 3.46. The van der Waals surface area contributed by atoms with Crippen LogP contribution in [-0.4, -0.2) is 28.1 Å². The second kappa shape index (κ2) is 5.13. The van der Waals surface area contributed by atoms with Crippen molar-refractivity contribution in [2.24, 2.45) is 5.92 Å². The molecule has 3 N–H and O–H groups in total. The van der Waals surface area contributed by atoms with Gasteiger partial charge in [0, 0.05) is 17.6 Å². The zero-order valence-corrected chi connectivity index (χ0v) is 9.87. The van der Waals surface area contributed by atoms with Crippen LogP contribution in [0.5, 0.6) is 0 Å². The lowest BCUT2D eigenvalue weighted by molar-refractivity contribution is -0.141. The molecule has 1 aromatic rings. The van der Waals surface area contributed by atoms with Gasteiger partial charge in [0.05, 0.1) is 5.92 Å². The van der Waals surface area contributed by atoms with Crippen molar-refractivity contribution in [2.45, 2.75) is 25.3 Å². The minimum absolute atomic E-state index is 0.0592. The summed E-state index contributed by atoms with van der Waals surface area (Å²) < 4.78 is 0. The first-order valence-electron chi connectivity index (χ1n) is 5.35. The number of nitrogens with one attached hydrogen (secondary N) is 2. The summed E-state index contributed by atoms with van der Waals surface area (Å²) in [4.78, 5) is 26.2. The average Bonchev–Trinajstić information content (AvgIpc) is 2.88. The van der Waals surface area contributed by atoms with Crippen LogP contribution in [0.4, 0.5) is 9.93 Å². The molecule has 1 heterocycles. The van der Waals surface area contributed by atoms with Gasteiger partial charge in [0.1, 0.15) is 0 Å². The molecule has 1 aliphatic carbocycles. The van der Waals surface area contributed by atoms with E-state index in [2.05, 4.69) is 15.6 Å². The first-order valence-corrected chi connectivity index (χ1v) is 6.23. The first kappa shape index (κ1) is 11.8. The smallest absolute Gasteiger partial charge is 0.321 e. The molecule has 17 heavy (non-hydrogen) atoms. The summed E-state index contributed by atoms with van der Waals surface area (Å²) in [7, 11) is 0. The van der Waals surface area contributed by atoms with Gasteiger partial charge in [-0.05, 0) is 19.3 Å². The number of thiazole rings is 1. The molecule has 1 saturated carbocycles. The molecule has 1 fully saturated rings. The molecule has 0 radical (unpaired) electrons. The van der Waals surface area contributed by atoms with Crippen LogP contribution in [0.1, 0.15) is 19.3 Å². The second-order valence-corrected chi connectivity index (χ2v) is 4.88. The number of hydrogen-bond acceptors (Lipinski definition) is 4. The zero-order valence-electron chi connectivity index (χ0n) is 9.05. The maximum atomic E-state index is 11.5. The fraction of sp³-hybridized carbons (Fsp3) is 0.500. The summed E-state index contributed by atoms with van der Waals surface area (Å²) in [5.74, 6) is -1.12. The molecule has 2 atom stereocenters. The van der Waals surface area contributed by atoms with Gasteiger partial charge < -0.3 is 10.4 Å². The van der Waals surface area contributed by atoms with Gasteiger partial charge in [-0.2, -0.15) is 0 Å². The summed E-state index contributed by atoms with van der Waals surface area (Å²) in [6.07, 6.45) is 3.44. The highest BCUT2D eigenvalue weighted by Crippen LogP contribution is 2.25. The van der Waals surface area contributed by atoms with E-state index in [0.29, 0.717) is 24.4 Å². The molecule has 92 valence electrons. The van der Waals surface area contributed by atoms with Crippen molar-refractivity contribution >= 4 is 28.5 Å². The van der Waals surface area contributed by atoms with Gasteiger partial charge >= 0.3 is 12.0 Å². The molecule has 1 aliphatic rings. The van der Waals surface area contributed by atoms with E-state index in [1.807, 2.05) is 0 Å². The van der Waals surface area contributed by atoms with Crippen molar-refractivity contribution in [2.75, 3.05) is 5.32 Å². The minimum Gasteiger partial charge on any atom is -0.481 e. The molecule has 0 saturated heterocycles. The number of nitrogens with zero attached hydrogens (tertiary/aromatic N) is 1. The first-order chi connectivity index (χ1) is 8.15. The van der Waals surface area contributed by atoms with Crippen molar-refractivity contribution < 1.29 is 14.7 Å². The number of aromatic nitrogens is 1. The monoisotopic (exact) mass is 255 g/mol. The van der Waals surface area contributed by atoms with Crippen LogP contribution >= 0.6 is 11.3 Å². The van der Waals surface area contributed by atoms with Gasteiger partial charge in [-0.25, -0.2) is 9.78 Å². The number of hydrogen-bond donors (Lipinski definition) is 3. The van der Waals surface area contributed by atoms with Crippen LogP contribution in [0.3, 0.4) is 0 Å². The Hall–Kier alpha value is -1.63. The fourth-order valence-electron chi connectivity index (χ4n) is 1.94. The van der Waals surface area contributed by atoms with Crippen LogP contribution in [0.2, 0.25) is 0 Å². The lowest BCUT2D eigenvalue weighted by Gasteiger charge is -2.12. The number of rotatable bonds is 3. The summed E-state index contributed by atoms with van der Waals surface area (Å²) in [6.45, 7) is 0. The molecule has 7 heteroatoms. The number of anilines is 1. The molecule has 6 nitrogen and oxygen atoms in total. The van der Waals surface area contributed by atoms with Crippen LogP contribution in [0.25, 0.3) is 0 Å². The van der Waals surface area contributed by atoms with Crippen LogP contribution < -0.4 is 10.6 Å². The Bertz CT molecular complexity index is 407. The quantitative estimate of drug-likeness (QED) is 0.763. The van der Waals surface area contributed by atoms with E-state index in [4.69, 9.17) is 5.11 Å². The van der Waals surface area contributed by atoms with Crippen molar-refractivity contribution in [1.29, 1.82) is 0 Å². The lowest BCUT2D eigenvalue weighted by Crippen LogP contribution is -2.36. The van der Waals surface area contributed by atoms with Gasteiger partial charge in [-0.3, -0.25) is 10.1 Å². The van der Waals surface area contributed by atoms with Crippen LogP contribution in [0, 0.1) is 5.92 Å². The van der Waals surface area contributed by atoms with Crippen LogP contribution in [0.15, 0.2) is 11.6 Å². The zero-order chi connectivity index (χ0) is 12.3. The Labute approximate surface area is 102 Å². The maximum absolute atomic E-state index is 11.5. The highest BCUT2D eigenvalue weighted by molar-refractivity contribution is 7.13. The van der Waals surface area contributed by atoms with E-state index in [0.717, 1.165) is 0 Å². The minimum atomic E-state index is -0.783. The van der Waals surface area contributed by atoms with Gasteiger partial charge in [0.15, 0.2) is 5.13 Å². The predicted molar refractivity (Wildman–Crippen MR) is 63.0 cm³/mol. The lowest BCUT2D eigenvalue weighted by atomic mass is 10.1. The Morgan fingerprint density at radius 1 is 1.47 bits per heavy atom. The van der Waals surface area contributed by atoms with Crippen molar-refractivity contribution in [3.63, 3.8) is 0 Å². The molecule has 0 aromatic carbocycles. The number of aliphatic carboxylic acids is 1. The highest BCUT2D eigenvalue weighted by atomic mass is 32.1. The molecule has 0 spiro atoms. The Morgan fingerprint density at radius 2 is 2.29 bits per heavy atom. The summed E-state index contributed by atoms with van der Waals surface area (Å²) >= 11 is 1.34. The number of carbonyl (C=O) groups excluding carboxylic acids is 1. The number of urea groups is 1. The highest BCUT2D eigenvalue weighted by Gasteiger charge is 2.30. The number of amides is 2. The third-order valence-electron chi connectivity index (χ3n) is 2.77. The Balaban J connectivity index is 1.78. The van der Waals surface area contributed by atoms with Crippen molar-refractivity contribution in [1.82, 2.24) is 10.3 Å². The normalized spacial score (nSPS) is 23.3. The largest absolute Gasteiger partial charge is 0.481 e. The van der Waals surface area contributed by atoms with E-state index >= 15 is 0 Å². The number of carboxylic acids is 1. The summed E-state index contributed by atoms with van der Waals surface area (Å²) in [5, 5.41) is 16.5. The van der Waals surface area contributed by atoms with E-state index in [9.17, 15) is 9.59 Å². The standard InChI is InChI=1S/C10H13N3O3S/c14-8(15)6-1-2-7(5-6)12-9(16)13-10-11-3-4-17-10/h3-4,6-7H,1-2,5H2,(H,14,15)(H2,11,12,13,16). The number of carbonyl (C=O) groups is 2. The second-order valence-electron chi connectivity index (χ2n) is 3.98. The summed E-state index contributed by atoms with van der Waals surface area (Å²) in [6, 6.07) is -0.382. The predicted octanol–water partition coefficient (Wildman–Crippen LogP) is 1.52. The molecule has 0 bridgehead atoms. The molecule has 2 rings (SSSR count). The van der Waals surface area contributed by atoms with E-state index < -0.39 is 5.97 Å². The van der Waals surface area contributed by atoms with Crippen molar-refractivity contribution in [3.8, 4) is 0 Å². The molecule has 2 amide bonds. The molecule has 2 unspecified atom stereocenters.